The summed E-state index contributed by atoms with van der Waals surface area (Å²) in [5, 5.41) is 2.90. The average molecular weight is 488 g/mol. The Hall–Kier alpha value is -2.38. The van der Waals surface area contributed by atoms with E-state index in [1.165, 1.54) is 6.07 Å². The quantitative estimate of drug-likeness (QED) is 0.505. The molecular weight excluding hydrogens is 461 g/mol. The van der Waals surface area contributed by atoms with Gasteiger partial charge in [0.15, 0.2) is 0 Å². The molecule has 3 aromatic rings. The van der Waals surface area contributed by atoms with Crippen molar-refractivity contribution >= 4 is 38.5 Å². The number of benzene rings is 2. The van der Waals surface area contributed by atoms with Crippen molar-refractivity contribution in [3.05, 3.63) is 64.5 Å². The summed E-state index contributed by atoms with van der Waals surface area (Å²) in [6.45, 7) is 9.00. The molecule has 0 bridgehead atoms. The van der Waals surface area contributed by atoms with Crippen LogP contribution in [0.4, 0.5) is 10.1 Å². The number of nitrogens with zero attached hydrogens (tertiary/aromatic N) is 3. The fourth-order valence-corrected chi connectivity index (χ4v) is 4.44. The first-order valence-corrected chi connectivity index (χ1v) is 11.3. The van der Waals surface area contributed by atoms with Gasteiger partial charge in [-0.05, 0) is 66.5 Å². The van der Waals surface area contributed by atoms with Crippen LogP contribution in [0.25, 0.3) is 10.9 Å². The van der Waals surface area contributed by atoms with Crippen LogP contribution in [-0.2, 0) is 16.2 Å². The molecule has 1 saturated heterocycles. The van der Waals surface area contributed by atoms with Crippen molar-refractivity contribution in [2.24, 2.45) is 5.41 Å². The second-order valence-electron chi connectivity index (χ2n) is 8.95. The Morgan fingerprint density at radius 1 is 1.10 bits per heavy atom. The summed E-state index contributed by atoms with van der Waals surface area (Å²) in [7, 11) is 0. The van der Waals surface area contributed by atoms with Crippen molar-refractivity contribution < 1.29 is 14.0 Å². The van der Waals surface area contributed by atoms with Crippen LogP contribution in [0.2, 0.25) is 0 Å². The number of piperazine rings is 1. The lowest BCUT2D eigenvalue weighted by molar-refractivity contribution is -0.201. The maximum atomic E-state index is 13.6. The molecule has 2 heterocycles. The second kappa shape index (κ2) is 8.63. The third kappa shape index (κ3) is 4.77. The minimum absolute atomic E-state index is 0.208. The number of hydroxylamine groups is 2. The molecule has 0 radical (unpaired) electrons. The Balaban J connectivity index is 1.53. The summed E-state index contributed by atoms with van der Waals surface area (Å²) in [6, 6.07) is 13.0. The van der Waals surface area contributed by atoms with Gasteiger partial charge in [0.25, 0.3) is 0 Å². The second-order valence-corrected chi connectivity index (χ2v) is 9.81. The molecule has 0 atom stereocenters. The maximum absolute atomic E-state index is 13.6. The van der Waals surface area contributed by atoms with E-state index in [1.807, 2.05) is 26.8 Å². The SMILES string of the molecule is CC(C)(C)C(=O)ON1CCN(c2cccc3c2c(Br)cn3Cc2cccc(F)c2)CC1. The largest absolute Gasteiger partial charge is 0.368 e. The first-order chi connectivity index (χ1) is 14.7. The smallest absolute Gasteiger partial charge is 0.330 e. The van der Waals surface area contributed by atoms with Crippen LogP contribution in [0.3, 0.4) is 0 Å². The van der Waals surface area contributed by atoms with Crippen molar-refractivity contribution in [3.8, 4) is 0 Å². The number of aromatic nitrogens is 1. The predicted molar refractivity (Wildman–Crippen MR) is 124 cm³/mol. The van der Waals surface area contributed by atoms with Crippen LogP contribution < -0.4 is 4.90 Å². The monoisotopic (exact) mass is 487 g/mol. The molecule has 0 spiro atoms. The molecule has 7 heteroatoms. The van der Waals surface area contributed by atoms with E-state index in [0.29, 0.717) is 19.6 Å². The van der Waals surface area contributed by atoms with E-state index in [4.69, 9.17) is 4.84 Å². The molecule has 31 heavy (non-hydrogen) atoms. The molecule has 1 aromatic heterocycles. The van der Waals surface area contributed by atoms with Crippen LogP contribution in [0.1, 0.15) is 26.3 Å². The molecule has 2 aromatic carbocycles. The van der Waals surface area contributed by atoms with Gasteiger partial charge in [-0.1, -0.05) is 18.2 Å². The first-order valence-electron chi connectivity index (χ1n) is 10.5. The molecule has 164 valence electrons. The van der Waals surface area contributed by atoms with E-state index in [0.717, 1.165) is 39.7 Å². The number of hydrogen-bond acceptors (Lipinski definition) is 4. The molecule has 1 aliphatic rings. The Kier molecular flexibility index (Phi) is 6.08. The Morgan fingerprint density at radius 3 is 2.48 bits per heavy atom. The average Bonchev–Trinajstić information content (AvgIpc) is 3.03. The van der Waals surface area contributed by atoms with Gasteiger partial charge in [-0.3, -0.25) is 0 Å². The van der Waals surface area contributed by atoms with Gasteiger partial charge >= 0.3 is 5.97 Å². The number of anilines is 1. The fraction of sp³-hybridized carbons (Fsp3) is 0.375. The molecular formula is C24H27BrFN3O2. The molecule has 0 unspecified atom stereocenters. The van der Waals surface area contributed by atoms with Gasteiger partial charge in [-0.15, -0.1) is 5.06 Å². The summed E-state index contributed by atoms with van der Waals surface area (Å²) in [6.07, 6.45) is 2.06. The molecule has 0 aliphatic carbocycles. The molecule has 0 amide bonds. The van der Waals surface area contributed by atoms with E-state index in [-0.39, 0.29) is 11.8 Å². The lowest BCUT2D eigenvalue weighted by Crippen LogP contribution is -2.48. The first kappa shape index (κ1) is 21.8. The topological polar surface area (TPSA) is 37.7 Å². The minimum atomic E-state index is -0.516. The van der Waals surface area contributed by atoms with Crippen molar-refractivity contribution in [1.29, 1.82) is 0 Å². The summed E-state index contributed by atoms with van der Waals surface area (Å²) >= 11 is 3.73. The van der Waals surface area contributed by atoms with E-state index in [2.05, 4.69) is 49.8 Å². The lowest BCUT2D eigenvalue weighted by Gasteiger charge is -2.36. The van der Waals surface area contributed by atoms with E-state index >= 15 is 0 Å². The highest BCUT2D eigenvalue weighted by Crippen LogP contribution is 2.35. The lowest BCUT2D eigenvalue weighted by atomic mass is 9.98. The number of carbonyl (C=O) groups is 1. The van der Waals surface area contributed by atoms with Gasteiger partial charge in [0.05, 0.1) is 24.0 Å². The Labute approximate surface area is 190 Å². The normalized spacial score (nSPS) is 15.5. The number of fused-ring (bicyclic) bond motifs is 1. The van der Waals surface area contributed by atoms with Gasteiger partial charge in [-0.2, -0.15) is 0 Å². The van der Waals surface area contributed by atoms with Crippen molar-refractivity contribution in [2.75, 3.05) is 31.1 Å². The van der Waals surface area contributed by atoms with Gasteiger partial charge in [-0.25, -0.2) is 9.18 Å². The van der Waals surface area contributed by atoms with E-state index in [1.54, 1.807) is 17.2 Å². The van der Waals surface area contributed by atoms with Gasteiger partial charge in [0.1, 0.15) is 5.82 Å². The Morgan fingerprint density at radius 2 is 1.81 bits per heavy atom. The molecule has 0 saturated carbocycles. The number of rotatable bonds is 4. The highest BCUT2D eigenvalue weighted by molar-refractivity contribution is 9.10. The van der Waals surface area contributed by atoms with Crippen molar-refractivity contribution in [3.63, 3.8) is 0 Å². The van der Waals surface area contributed by atoms with E-state index in [9.17, 15) is 9.18 Å². The number of carbonyl (C=O) groups excluding carboxylic acids is 1. The van der Waals surface area contributed by atoms with Crippen LogP contribution >= 0.6 is 15.9 Å². The van der Waals surface area contributed by atoms with Crippen LogP contribution in [-0.4, -0.2) is 41.8 Å². The zero-order valence-corrected chi connectivity index (χ0v) is 19.7. The summed E-state index contributed by atoms with van der Waals surface area (Å²) < 4.78 is 16.8. The third-order valence-corrected chi connectivity index (χ3v) is 6.08. The molecule has 5 nitrogen and oxygen atoms in total. The highest BCUT2D eigenvalue weighted by Gasteiger charge is 2.28. The summed E-state index contributed by atoms with van der Waals surface area (Å²) in [5.41, 5.74) is 2.64. The predicted octanol–water partition coefficient (Wildman–Crippen LogP) is 5.22. The Bertz CT molecular complexity index is 1100. The summed E-state index contributed by atoms with van der Waals surface area (Å²) in [5.74, 6) is -0.432. The highest BCUT2D eigenvalue weighted by atomic mass is 79.9. The maximum Gasteiger partial charge on any atom is 0.330 e. The van der Waals surface area contributed by atoms with Crippen LogP contribution in [0, 0.1) is 11.2 Å². The molecule has 1 aliphatic heterocycles. The standard InChI is InChI=1S/C24H27BrFN3O2/c1-24(2,3)23(30)31-29-12-10-27(11-13-29)20-8-5-9-21-22(20)19(25)16-28(21)15-17-6-4-7-18(26)14-17/h4-9,14,16H,10-13,15H2,1-3H3. The van der Waals surface area contributed by atoms with Crippen molar-refractivity contribution in [1.82, 2.24) is 9.63 Å². The van der Waals surface area contributed by atoms with Crippen LogP contribution in [0.15, 0.2) is 53.1 Å². The summed E-state index contributed by atoms with van der Waals surface area (Å²) in [4.78, 5) is 20.0. The zero-order valence-electron chi connectivity index (χ0n) is 18.1. The third-order valence-electron chi connectivity index (χ3n) is 5.48. The van der Waals surface area contributed by atoms with Crippen LogP contribution in [0.5, 0.6) is 0 Å². The van der Waals surface area contributed by atoms with Gasteiger partial charge in [0, 0.05) is 41.4 Å². The van der Waals surface area contributed by atoms with Gasteiger partial charge < -0.3 is 14.3 Å². The minimum Gasteiger partial charge on any atom is -0.368 e. The zero-order chi connectivity index (χ0) is 22.2. The van der Waals surface area contributed by atoms with Gasteiger partial charge in [0.2, 0.25) is 0 Å². The molecule has 1 fully saturated rings. The fourth-order valence-electron chi connectivity index (χ4n) is 3.78. The number of hydrogen-bond donors (Lipinski definition) is 0. The molecule has 4 rings (SSSR count). The van der Waals surface area contributed by atoms with E-state index < -0.39 is 5.41 Å². The van der Waals surface area contributed by atoms with Crippen molar-refractivity contribution in [2.45, 2.75) is 27.3 Å². The molecule has 0 N–H and O–H groups in total. The number of halogens is 2.